The molecule has 150 valence electrons. The lowest BCUT2D eigenvalue weighted by atomic mass is 10.1. The van der Waals surface area contributed by atoms with E-state index in [-0.39, 0.29) is 22.6 Å². The summed E-state index contributed by atoms with van der Waals surface area (Å²) in [6.45, 7) is 0. The number of sulfonamides is 1. The maximum Gasteiger partial charge on any atom is 0.243 e. The highest BCUT2D eigenvalue weighted by Gasteiger charge is 2.50. The molecule has 2 aliphatic rings. The van der Waals surface area contributed by atoms with Crippen LogP contribution in [0.25, 0.3) is 0 Å². The van der Waals surface area contributed by atoms with Gasteiger partial charge in [0.1, 0.15) is 0 Å². The minimum atomic E-state index is -4.04. The largest absolute Gasteiger partial charge is 0.243 e. The number of fused-ring (bicyclic) bond motifs is 2. The number of rotatable bonds is 4. The lowest BCUT2D eigenvalue weighted by Gasteiger charge is -2.37. The van der Waals surface area contributed by atoms with E-state index in [4.69, 9.17) is 0 Å². The number of piperidine rings is 1. The van der Waals surface area contributed by atoms with Crippen molar-refractivity contribution in [1.29, 1.82) is 0 Å². The first-order valence-corrected chi connectivity index (χ1v) is 12.0. The van der Waals surface area contributed by atoms with Crippen molar-refractivity contribution in [2.45, 2.75) is 52.8 Å². The number of sulfone groups is 1. The molecule has 0 radical (unpaired) electrons. The number of hydrogen-bond donors (Lipinski definition) is 0. The van der Waals surface area contributed by atoms with Gasteiger partial charge >= 0.3 is 0 Å². The van der Waals surface area contributed by atoms with Crippen LogP contribution >= 0.6 is 0 Å². The molecule has 9 heteroatoms. The zero-order valence-corrected chi connectivity index (χ0v) is 16.5. The molecule has 5 nitrogen and oxygen atoms in total. The third kappa shape index (κ3) is 3.15. The zero-order valence-electron chi connectivity index (χ0n) is 14.8. The number of nitrogens with zero attached hydrogens (tertiary/aromatic N) is 1. The van der Waals surface area contributed by atoms with Crippen molar-refractivity contribution >= 4 is 19.9 Å². The van der Waals surface area contributed by atoms with E-state index in [0.29, 0.717) is 18.9 Å². The van der Waals surface area contributed by atoms with E-state index >= 15 is 0 Å². The monoisotopic (exact) mass is 427 g/mol. The van der Waals surface area contributed by atoms with E-state index in [1.54, 1.807) is 30.3 Å². The van der Waals surface area contributed by atoms with Crippen LogP contribution in [-0.4, -0.2) is 38.5 Å². The molecule has 2 aromatic carbocycles. The molecule has 0 amide bonds. The predicted octanol–water partition coefficient (Wildman–Crippen LogP) is 3.12. The summed E-state index contributed by atoms with van der Waals surface area (Å²) in [7, 11) is -7.60. The maximum atomic E-state index is 13.6. The van der Waals surface area contributed by atoms with Gasteiger partial charge in [0.25, 0.3) is 0 Å². The first kappa shape index (κ1) is 19.5. The van der Waals surface area contributed by atoms with Crippen LogP contribution in [0.4, 0.5) is 8.78 Å². The molecule has 0 unspecified atom stereocenters. The molecule has 2 fully saturated rings. The maximum absolute atomic E-state index is 13.6. The van der Waals surface area contributed by atoms with E-state index in [1.807, 2.05) is 0 Å². The van der Waals surface area contributed by atoms with Gasteiger partial charge in [-0.2, -0.15) is 4.31 Å². The van der Waals surface area contributed by atoms with E-state index in [0.717, 1.165) is 12.1 Å². The van der Waals surface area contributed by atoms with Crippen molar-refractivity contribution in [2.75, 3.05) is 0 Å². The molecule has 2 atom stereocenters. The average molecular weight is 427 g/mol. The summed E-state index contributed by atoms with van der Waals surface area (Å²) < 4.78 is 80.0. The number of benzene rings is 2. The molecule has 28 heavy (non-hydrogen) atoms. The second-order valence-electron chi connectivity index (χ2n) is 7.25. The van der Waals surface area contributed by atoms with Crippen LogP contribution in [0.2, 0.25) is 0 Å². The SMILES string of the molecule is O=S(=O)(c1ccccc1)C1C[C@@H]2CC[C@@H](C1)N2S(=O)(=O)c1ccc(F)c(F)c1. The average Bonchev–Trinajstić information content (AvgIpc) is 2.95. The summed E-state index contributed by atoms with van der Waals surface area (Å²) >= 11 is 0. The first-order valence-electron chi connectivity index (χ1n) is 8.99. The van der Waals surface area contributed by atoms with Crippen molar-refractivity contribution in [3.63, 3.8) is 0 Å². The summed E-state index contributed by atoms with van der Waals surface area (Å²) in [5, 5.41) is -0.663. The van der Waals surface area contributed by atoms with Crippen molar-refractivity contribution in [3.05, 3.63) is 60.2 Å². The van der Waals surface area contributed by atoms with E-state index in [2.05, 4.69) is 0 Å². The Hall–Kier alpha value is -1.84. The molecular weight excluding hydrogens is 408 g/mol. The van der Waals surface area contributed by atoms with Crippen LogP contribution in [-0.2, 0) is 19.9 Å². The topological polar surface area (TPSA) is 71.5 Å². The van der Waals surface area contributed by atoms with E-state index in [9.17, 15) is 25.6 Å². The van der Waals surface area contributed by atoms with Gasteiger partial charge in [0.2, 0.25) is 10.0 Å². The van der Waals surface area contributed by atoms with Crippen LogP contribution in [0.15, 0.2) is 58.3 Å². The van der Waals surface area contributed by atoms with Gasteiger partial charge in [-0.15, -0.1) is 0 Å². The first-order chi connectivity index (χ1) is 13.2. The smallest absolute Gasteiger partial charge is 0.223 e. The molecule has 2 heterocycles. The molecule has 2 bridgehead atoms. The third-order valence-electron chi connectivity index (χ3n) is 5.60. The fourth-order valence-electron chi connectivity index (χ4n) is 4.29. The summed E-state index contributed by atoms with van der Waals surface area (Å²) in [4.78, 5) is -0.0796. The minimum Gasteiger partial charge on any atom is -0.223 e. The zero-order chi connectivity index (χ0) is 20.1. The van der Waals surface area contributed by atoms with Gasteiger partial charge in [0.15, 0.2) is 21.5 Å². The Morgan fingerprint density at radius 3 is 1.96 bits per heavy atom. The van der Waals surface area contributed by atoms with E-state index in [1.165, 1.54) is 4.31 Å². The lowest BCUT2D eigenvalue weighted by Crippen LogP contribution is -2.49. The Morgan fingerprint density at radius 2 is 1.39 bits per heavy atom. The molecule has 0 aliphatic carbocycles. The number of halogens is 2. The fraction of sp³-hybridized carbons (Fsp3) is 0.368. The summed E-state index contributed by atoms with van der Waals surface area (Å²) in [5.74, 6) is -2.34. The Morgan fingerprint density at radius 1 is 0.786 bits per heavy atom. The van der Waals surface area contributed by atoms with Gasteiger partial charge in [0, 0.05) is 12.1 Å². The molecule has 0 aromatic heterocycles. The standard InChI is InChI=1S/C19H19F2NO4S2/c20-18-9-8-16(12-19(18)21)28(25,26)22-13-6-7-14(22)11-17(10-13)27(23,24)15-4-2-1-3-5-15/h1-5,8-9,12-14,17H,6-7,10-11H2/t13-,14-/m0/s1. The van der Waals surface area contributed by atoms with E-state index < -0.39 is 48.8 Å². The molecule has 4 rings (SSSR count). The lowest BCUT2D eigenvalue weighted by molar-refractivity contribution is 0.249. The molecule has 2 aliphatic heterocycles. The Kier molecular flexibility index (Phi) is 4.79. The third-order valence-corrected chi connectivity index (χ3v) is 9.79. The van der Waals surface area contributed by atoms with Gasteiger partial charge < -0.3 is 0 Å². The molecule has 0 saturated carbocycles. The fourth-order valence-corrected chi connectivity index (χ4v) is 8.07. The van der Waals surface area contributed by atoms with Gasteiger partial charge in [-0.3, -0.25) is 0 Å². The molecule has 2 aromatic rings. The second kappa shape index (κ2) is 6.89. The second-order valence-corrected chi connectivity index (χ2v) is 11.3. The Labute approximate surface area is 163 Å². The van der Waals surface area contributed by atoms with Gasteiger partial charge in [0.05, 0.1) is 15.0 Å². The summed E-state index contributed by atoms with van der Waals surface area (Å²) in [6.07, 6.45) is 1.48. The molecule has 0 spiro atoms. The van der Waals surface area contributed by atoms with Gasteiger partial charge in [-0.1, -0.05) is 18.2 Å². The Bertz CT molecular complexity index is 1090. The van der Waals surface area contributed by atoms with Crippen LogP contribution in [0.1, 0.15) is 25.7 Å². The number of hydrogen-bond acceptors (Lipinski definition) is 4. The van der Waals surface area contributed by atoms with Crippen LogP contribution in [0.3, 0.4) is 0 Å². The predicted molar refractivity (Wildman–Crippen MR) is 98.8 cm³/mol. The van der Waals surface area contributed by atoms with Crippen LogP contribution in [0, 0.1) is 11.6 Å². The van der Waals surface area contributed by atoms with Crippen molar-refractivity contribution in [3.8, 4) is 0 Å². The summed E-state index contributed by atoms with van der Waals surface area (Å²) in [6, 6.07) is 9.70. The van der Waals surface area contributed by atoms with Crippen LogP contribution < -0.4 is 0 Å². The highest BCUT2D eigenvalue weighted by atomic mass is 32.2. The molecule has 2 saturated heterocycles. The van der Waals surface area contributed by atoms with Crippen LogP contribution in [0.5, 0.6) is 0 Å². The summed E-state index contributed by atoms with van der Waals surface area (Å²) in [5.41, 5.74) is 0. The Balaban J connectivity index is 1.63. The van der Waals surface area contributed by atoms with Crippen molar-refractivity contribution < 1.29 is 25.6 Å². The van der Waals surface area contributed by atoms with Gasteiger partial charge in [-0.25, -0.2) is 25.6 Å². The highest BCUT2D eigenvalue weighted by molar-refractivity contribution is 7.92. The normalized spacial score (nSPS) is 25.7. The highest BCUT2D eigenvalue weighted by Crippen LogP contribution is 2.42. The van der Waals surface area contributed by atoms with Crippen molar-refractivity contribution in [2.24, 2.45) is 0 Å². The molecular formula is C19H19F2NO4S2. The van der Waals surface area contributed by atoms with Crippen molar-refractivity contribution in [1.82, 2.24) is 4.31 Å². The quantitative estimate of drug-likeness (QED) is 0.752. The van der Waals surface area contributed by atoms with Gasteiger partial charge in [-0.05, 0) is 56.0 Å². The molecule has 0 N–H and O–H groups in total. The minimum absolute atomic E-state index is 0.191.